The summed E-state index contributed by atoms with van der Waals surface area (Å²) >= 11 is 0. The maximum atomic E-state index is 13.2. The van der Waals surface area contributed by atoms with E-state index in [9.17, 15) is 4.79 Å². The summed E-state index contributed by atoms with van der Waals surface area (Å²) in [6.45, 7) is 0. The van der Waals surface area contributed by atoms with Gasteiger partial charge in [0.05, 0.1) is 12.8 Å². The Kier molecular flexibility index (Phi) is 6.89. The molecule has 3 aromatic heterocycles. The molecular weight excluding hydrogens is 464 g/mol. The van der Waals surface area contributed by atoms with Crippen LogP contribution in [-0.4, -0.2) is 37.3 Å². The lowest BCUT2D eigenvalue weighted by atomic mass is 10.0. The first kappa shape index (κ1) is 23.7. The molecule has 3 heterocycles. The van der Waals surface area contributed by atoms with Crippen molar-refractivity contribution in [2.75, 3.05) is 7.11 Å². The number of nitrogens with zero attached hydrogens (tertiary/aromatic N) is 5. The first-order valence-electron chi connectivity index (χ1n) is 11.8. The van der Waals surface area contributed by atoms with Gasteiger partial charge in [-0.2, -0.15) is 5.10 Å². The second-order valence-electron chi connectivity index (χ2n) is 8.37. The van der Waals surface area contributed by atoms with Gasteiger partial charge in [0.25, 0.3) is 0 Å². The van der Waals surface area contributed by atoms with Gasteiger partial charge in [-0.3, -0.25) is 9.78 Å². The number of pyridine rings is 1. The third-order valence-electron chi connectivity index (χ3n) is 5.97. The number of benzene rings is 2. The number of ether oxygens (including phenoxy) is 1. The Balaban J connectivity index is 1.47. The fourth-order valence-corrected chi connectivity index (χ4v) is 4.15. The molecule has 0 fully saturated rings. The number of methoxy groups -OCH3 is 1. The summed E-state index contributed by atoms with van der Waals surface area (Å²) in [5.74, 6) is 1.09. The van der Waals surface area contributed by atoms with E-state index in [2.05, 4.69) is 15.3 Å². The lowest BCUT2D eigenvalue weighted by Crippen LogP contribution is -2.30. The fraction of sp³-hybridized carbons (Fsp3) is 0.103. The molecule has 0 saturated carbocycles. The van der Waals surface area contributed by atoms with Gasteiger partial charge in [0.1, 0.15) is 23.3 Å². The van der Waals surface area contributed by atoms with E-state index >= 15 is 0 Å². The third-order valence-corrected chi connectivity index (χ3v) is 5.97. The van der Waals surface area contributed by atoms with Crippen molar-refractivity contribution in [2.24, 2.45) is 7.05 Å². The summed E-state index contributed by atoms with van der Waals surface area (Å²) in [6.07, 6.45) is 12.2. The molecule has 0 aliphatic heterocycles. The lowest BCUT2D eigenvalue weighted by Gasteiger charge is -2.20. The van der Waals surface area contributed by atoms with Crippen molar-refractivity contribution >= 4 is 12.0 Å². The number of imidazole rings is 1. The topological polar surface area (TPSA) is 86.9 Å². The number of para-hydroxylation sites is 2. The fourth-order valence-electron chi connectivity index (χ4n) is 4.15. The summed E-state index contributed by atoms with van der Waals surface area (Å²) < 4.78 is 9.24. The molecule has 0 spiro atoms. The second-order valence-corrected chi connectivity index (χ2v) is 8.37. The summed E-state index contributed by atoms with van der Waals surface area (Å²) in [7, 11) is 3.51. The molecule has 2 aromatic carbocycles. The van der Waals surface area contributed by atoms with Crippen molar-refractivity contribution in [3.63, 3.8) is 0 Å². The number of aromatic nitrogens is 5. The number of hydrogen-bond acceptors (Lipinski definition) is 5. The molecule has 1 atom stereocenters. The van der Waals surface area contributed by atoms with Crippen LogP contribution in [0.2, 0.25) is 0 Å². The van der Waals surface area contributed by atoms with Gasteiger partial charge < -0.3 is 14.6 Å². The van der Waals surface area contributed by atoms with Crippen LogP contribution in [-0.2, 0) is 11.8 Å². The molecule has 0 saturated heterocycles. The molecule has 0 aliphatic rings. The van der Waals surface area contributed by atoms with E-state index in [1.807, 2.05) is 90.7 Å². The largest absolute Gasteiger partial charge is 0.496 e. The highest BCUT2D eigenvalue weighted by atomic mass is 16.5. The summed E-state index contributed by atoms with van der Waals surface area (Å²) in [4.78, 5) is 21.9. The van der Waals surface area contributed by atoms with Crippen molar-refractivity contribution < 1.29 is 9.53 Å². The van der Waals surface area contributed by atoms with Gasteiger partial charge >= 0.3 is 0 Å². The van der Waals surface area contributed by atoms with Gasteiger partial charge in [0, 0.05) is 60.8 Å². The Hall–Kier alpha value is -4.98. The average Bonchev–Trinajstić information content (AvgIpc) is 3.58. The molecule has 5 rings (SSSR count). The molecule has 0 bridgehead atoms. The quantitative estimate of drug-likeness (QED) is 0.322. The number of nitrogens with one attached hydrogen (secondary N) is 1. The van der Waals surface area contributed by atoms with Crippen molar-refractivity contribution in [2.45, 2.75) is 6.04 Å². The number of rotatable bonds is 8. The third kappa shape index (κ3) is 5.18. The van der Waals surface area contributed by atoms with Crippen LogP contribution >= 0.6 is 0 Å². The zero-order chi connectivity index (χ0) is 25.6. The summed E-state index contributed by atoms with van der Waals surface area (Å²) in [5, 5.41) is 7.87. The maximum Gasteiger partial charge on any atom is 0.244 e. The zero-order valence-corrected chi connectivity index (χ0v) is 20.5. The molecule has 8 nitrogen and oxygen atoms in total. The molecule has 5 aromatic rings. The van der Waals surface area contributed by atoms with Gasteiger partial charge in [-0.15, -0.1) is 0 Å². The van der Waals surface area contributed by atoms with Crippen molar-refractivity contribution in [3.8, 4) is 22.7 Å². The van der Waals surface area contributed by atoms with E-state index < -0.39 is 6.04 Å². The highest BCUT2D eigenvalue weighted by Crippen LogP contribution is 2.29. The highest BCUT2D eigenvalue weighted by molar-refractivity contribution is 5.93. The van der Waals surface area contributed by atoms with E-state index in [0.717, 1.165) is 28.1 Å². The summed E-state index contributed by atoms with van der Waals surface area (Å²) in [5.41, 5.74) is 4.11. The zero-order valence-electron chi connectivity index (χ0n) is 20.5. The van der Waals surface area contributed by atoms with Crippen LogP contribution in [0.3, 0.4) is 0 Å². The molecular formula is C29H26N6O2. The molecule has 1 N–H and O–H groups in total. The predicted octanol–water partition coefficient (Wildman–Crippen LogP) is 4.60. The van der Waals surface area contributed by atoms with Gasteiger partial charge in [-0.1, -0.05) is 36.4 Å². The average molecular weight is 491 g/mol. The van der Waals surface area contributed by atoms with Crippen molar-refractivity contribution in [3.05, 3.63) is 121 Å². The van der Waals surface area contributed by atoms with E-state index in [0.29, 0.717) is 11.6 Å². The Bertz CT molecular complexity index is 1520. The van der Waals surface area contributed by atoms with Crippen LogP contribution < -0.4 is 10.1 Å². The number of carbonyl (C=O) groups is 1. The number of aryl methyl sites for hydroxylation is 1. The molecule has 8 heteroatoms. The van der Waals surface area contributed by atoms with Crippen LogP contribution in [0.4, 0.5) is 0 Å². The molecule has 0 radical (unpaired) electrons. The number of hydrogen-bond donors (Lipinski definition) is 1. The standard InChI is InChI=1S/C29H26N6O2/c1-34-18-17-31-29(34)28(24-12-6-7-13-25(24)37-2)32-26(36)15-14-22-20-35(23-10-4-3-5-11-23)33-27(22)21-9-8-16-30-19-21/h3-20,28H,1-2H3,(H,32,36)/b15-14+. The predicted molar refractivity (Wildman–Crippen MR) is 142 cm³/mol. The number of amides is 1. The van der Waals surface area contributed by atoms with Gasteiger partial charge in [0.2, 0.25) is 5.91 Å². The first-order valence-corrected chi connectivity index (χ1v) is 11.8. The monoisotopic (exact) mass is 490 g/mol. The molecule has 1 amide bonds. The Morgan fingerprint density at radius 3 is 2.57 bits per heavy atom. The van der Waals surface area contributed by atoms with Gasteiger partial charge in [-0.05, 0) is 36.4 Å². The van der Waals surface area contributed by atoms with Crippen LogP contribution in [0.5, 0.6) is 5.75 Å². The minimum absolute atomic E-state index is 0.275. The number of carbonyl (C=O) groups excluding carboxylic acids is 1. The van der Waals surface area contributed by atoms with Crippen molar-refractivity contribution in [1.82, 2.24) is 29.6 Å². The van der Waals surface area contributed by atoms with Crippen molar-refractivity contribution in [1.29, 1.82) is 0 Å². The minimum atomic E-state index is -0.502. The minimum Gasteiger partial charge on any atom is -0.496 e. The van der Waals surface area contributed by atoms with Gasteiger partial charge in [-0.25, -0.2) is 9.67 Å². The van der Waals surface area contributed by atoms with Crippen LogP contribution in [0.15, 0.2) is 104 Å². The lowest BCUT2D eigenvalue weighted by molar-refractivity contribution is -0.117. The van der Waals surface area contributed by atoms with Crippen LogP contribution in [0.1, 0.15) is 23.0 Å². The maximum absolute atomic E-state index is 13.2. The molecule has 37 heavy (non-hydrogen) atoms. The summed E-state index contributed by atoms with van der Waals surface area (Å²) in [6, 6.07) is 20.7. The highest BCUT2D eigenvalue weighted by Gasteiger charge is 2.23. The van der Waals surface area contributed by atoms with E-state index in [1.54, 1.807) is 36.5 Å². The normalized spacial score (nSPS) is 11.9. The Morgan fingerprint density at radius 2 is 1.84 bits per heavy atom. The SMILES string of the molecule is COc1ccccc1C(NC(=O)/C=C/c1cn(-c2ccccc2)nc1-c1cccnc1)c1nccn1C. The van der Waals surface area contributed by atoms with Gasteiger partial charge in [0.15, 0.2) is 0 Å². The Labute approximate surface area is 214 Å². The molecule has 1 unspecified atom stereocenters. The van der Waals surface area contributed by atoms with Crippen LogP contribution in [0, 0.1) is 0 Å². The smallest absolute Gasteiger partial charge is 0.244 e. The van der Waals surface area contributed by atoms with Crippen LogP contribution in [0.25, 0.3) is 23.0 Å². The van der Waals surface area contributed by atoms with E-state index in [4.69, 9.17) is 9.84 Å². The molecule has 184 valence electrons. The van der Waals surface area contributed by atoms with E-state index in [1.165, 1.54) is 6.08 Å². The Morgan fingerprint density at radius 1 is 1.03 bits per heavy atom. The first-order chi connectivity index (χ1) is 18.1. The van der Waals surface area contributed by atoms with E-state index in [-0.39, 0.29) is 5.91 Å². The second kappa shape index (κ2) is 10.7. The molecule has 0 aliphatic carbocycles.